The number of likely N-dealkylation sites (tertiary alicyclic amines) is 1. The Morgan fingerprint density at radius 3 is 1.72 bits per heavy atom. The van der Waals surface area contributed by atoms with Crippen LogP contribution in [0.1, 0.15) is 108 Å². The number of carbonyl (C=O) groups is 1. The van der Waals surface area contributed by atoms with E-state index in [0.717, 1.165) is 51.7 Å². The number of piperazine rings is 1. The van der Waals surface area contributed by atoms with Crippen molar-refractivity contribution in [1.29, 1.82) is 0 Å². The molecule has 0 aromatic rings. The lowest BCUT2D eigenvalue weighted by molar-refractivity contribution is -0.129. The summed E-state index contributed by atoms with van der Waals surface area (Å²) in [4.78, 5) is 20.5. The fraction of sp³-hybridized carbons (Fsp3) is 0.968. The summed E-state index contributed by atoms with van der Waals surface area (Å²) in [6.45, 7) is 33.9. The summed E-state index contributed by atoms with van der Waals surface area (Å²) in [6, 6.07) is 0. The number of ether oxygens (including phenoxy) is 1. The molecule has 212 valence electrons. The maximum Gasteiger partial charge on any atom is 0.138 e. The minimum Gasteiger partial charge on any atom is -0.377 e. The number of hydrogen-bond donors (Lipinski definition) is 0. The van der Waals surface area contributed by atoms with Crippen LogP contribution < -0.4 is 0 Å². The molecule has 0 spiro atoms. The van der Waals surface area contributed by atoms with Crippen LogP contribution in [-0.4, -0.2) is 90.1 Å². The highest BCUT2D eigenvalue weighted by Crippen LogP contribution is 2.43. The van der Waals surface area contributed by atoms with Crippen LogP contribution >= 0.6 is 0 Å². The highest BCUT2D eigenvalue weighted by Gasteiger charge is 2.42. The Morgan fingerprint density at radius 1 is 0.806 bits per heavy atom. The van der Waals surface area contributed by atoms with Gasteiger partial charge in [-0.05, 0) is 91.6 Å². The van der Waals surface area contributed by atoms with Crippen LogP contribution in [0.25, 0.3) is 0 Å². The van der Waals surface area contributed by atoms with Crippen molar-refractivity contribution in [2.45, 2.75) is 125 Å². The summed E-state index contributed by atoms with van der Waals surface area (Å²) in [5.74, 6) is 1.17. The number of hydrogen-bond acceptors (Lipinski definition) is 5. The fourth-order valence-corrected chi connectivity index (χ4v) is 7.41. The van der Waals surface area contributed by atoms with E-state index in [1.165, 1.54) is 32.4 Å². The molecular weight excluding hydrogens is 446 g/mol. The first-order valence-corrected chi connectivity index (χ1v) is 14.9. The molecule has 0 saturated carbocycles. The van der Waals surface area contributed by atoms with Crippen LogP contribution in [0, 0.1) is 16.7 Å². The van der Waals surface area contributed by atoms with Gasteiger partial charge in [-0.15, -0.1) is 0 Å². The van der Waals surface area contributed by atoms with Gasteiger partial charge in [0.05, 0.1) is 12.7 Å². The molecule has 0 aromatic carbocycles. The number of Topliss-reactive ketones (excluding diaryl/α,β-unsaturated/α-hetero) is 1. The largest absolute Gasteiger partial charge is 0.377 e. The molecule has 5 heteroatoms. The Labute approximate surface area is 224 Å². The topological polar surface area (TPSA) is 36.0 Å². The summed E-state index contributed by atoms with van der Waals surface area (Å²) >= 11 is 0. The quantitative estimate of drug-likeness (QED) is 0.301. The average Bonchev–Trinajstić information content (AvgIpc) is 2.77. The first-order chi connectivity index (χ1) is 16.5. The SMILES string of the molecule is CCC(=O)C(C)(C)CC(C)(C)N1CCN(C(C)(C)CC(C)(C)C2CCN(CCOC(C)C)CC2)CC1. The number of ketones is 1. The van der Waals surface area contributed by atoms with Gasteiger partial charge in [-0.1, -0.05) is 34.6 Å². The van der Waals surface area contributed by atoms with Gasteiger partial charge in [0.25, 0.3) is 0 Å². The summed E-state index contributed by atoms with van der Waals surface area (Å²) < 4.78 is 5.77. The van der Waals surface area contributed by atoms with Gasteiger partial charge in [-0.3, -0.25) is 14.6 Å². The van der Waals surface area contributed by atoms with E-state index < -0.39 is 0 Å². The molecule has 2 rings (SSSR count). The number of rotatable bonds is 13. The first kappa shape index (κ1) is 31.7. The van der Waals surface area contributed by atoms with E-state index in [9.17, 15) is 4.79 Å². The van der Waals surface area contributed by atoms with E-state index >= 15 is 0 Å². The normalized spacial score (nSPS) is 20.9. The van der Waals surface area contributed by atoms with Crippen molar-refractivity contribution in [3.63, 3.8) is 0 Å². The van der Waals surface area contributed by atoms with E-state index in [1.807, 2.05) is 6.92 Å². The molecule has 0 amide bonds. The minimum absolute atomic E-state index is 0.0397. The number of nitrogens with zero attached hydrogens (tertiary/aromatic N) is 3. The smallest absolute Gasteiger partial charge is 0.138 e. The highest BCUT2D eigenvalue weighted by molar-refractivity contribution is 5.83. The molecule has 0 unspecified atom stereocenters. The molecule has 2 heterocycles. The predicted octanol–water partition coefficient (Wildman–Crippen LogP) is 6.11. The van der Waals surface area contributed by atoms with Gasteiger partial charge in [-0.2, -0.15) is 0 Å². The van der Waals surface area contributed by atoms with E-state index in [4.69, 9.17) is 4.74 Å². The molecule has 5 nitrogen and oxygen atoms in total. The number of carbonyl (C=O) groups excluding carboxylic acids is 1. The van der Waals surface area contributed by atoms with Crippen molar-refractivity contribution in [1.82, 2.24) is 14.7 Å². The average molecular weight is 508 g/mol. The van der Waals surface area contributed by atoms with Crippen LogP contribution in [0.2, 0.25) is 0 Å². The summed E-state index contributed by atoms with van der Waals surface area (Å²) in [5, 5.41) is 0. The zero-order valence-corrected chi connectivity index (χ0v) is 26.0. The van der Waals surface area contributed by atoms with Gasteiger partial charge >= 0.3 is 0 Å². The maximum atomic E-state index is 12.5. The number of piperidine rings is 1. The molecular formula is C31H61N3O2. The second-order valence-corrected chi connectivity index (χ2v) is 14.6. The third kappa shape index (κ3) is 8.78. The predicted molar refractivity (Wildman–Crippen MR) is 154 cm³/mol. The van der Waals surface area contributed by atoms with Crippen molar-refractivity contribution in [3.8, 4) is 0 Å². The molecule has 2 fully saturated rings. The van der Waals surface area contributed by atoms with E-state index in [-0.39, 0.29) is 16.5 Å². The Morgan fingerprint density at radius 2 is 1.28 bits per heavy atom. The van der Waals surface area contributed by atoms with E-state index in [1.54, 1.807) is 0 Å². The lowest BCUT2D eigenvalue weighted by Crippen LogP contribution is -2.60. The van der Waals surface area contributed by atoms with Crippen molar-refractivity contribution in [3.05, 3.63) is 0 Å². The Kier molecular flexibility index (Phi) is 11.1. The lowest BCUT2D eigenvalue weighted by Gasteiger charge is -2.52. The molecule has 0 radical (unpaired) electrons. The van der Waals surface area contributed by atoms with Crippen molar-refractivity contribution in [2.75, 3.05) is 52.4 Å². The molecule has 0 aromatic heterocycles. The minimum atomic E-state index is -0.254. The molecule has 2 saturated heterocycles. The third-order valence-corrected chi connectivity index (χ3v) is 9.38. The molecule has 0 aliphatic carbocycles. The Bertz CT molecular complexity index is 682. The van der Waals surface area contributed by atoms with Crippen LogP contribution in [-0.2, 0) is 9.53 Å². The standard InChI is InChI=1S/C31H61N3O2/c1-12-27(35)29(6,7)24-31(10,11)34-19-17-33(18-20-34)30(8,9)23-28(4,5)26-13-15-32(16-14-26)21-22-36-25(2)3/h25-26H,12-24H2,1-11H3. The van der Waals surface area contributed by atoms with Crippen LogP contribution in [0.5, 0.6) is 0 Å². The van der Waals surface area contributed by atoms with Crippen LogP contribution in [0.4, 0.5) is 0 Å². The second kappa shape index (κ2) is 12.6. The lowest BCUT2D eigenvalue weighted by atomic mass is 9.67. The van der Waals surface area contributed by atoms with Gasteiger partial charge in [0.15, 0.2) is 0 Å². The van der Waals surface area contributed by atoms with Crippen LogP contribution in [0.3, 0.4) is 0 Å². The van der Waals surface area contributed by atoms with Gasteiger partial charge in [0.1, 0.15) is 5.78 Å². The van der Waals surface area contributed by atoms with Crippen molar-refractivity contribution < 1.29 is 9.53 Å². The van der Waals surface area contributed by atoms with Gasteiger partial charge in [0.2, 0.25) is 0 Å². The molecule has 0 N–H and O–H groups in total. The second-order valence-electron chi connectivity index (χ2n) is 14.6. The van der Waals surface area contributed by atoms with E-state index in [2.05, 4.69) is 83.9 Å². The molecule has 0 bridgehead atoms. The van der Waals surface area contributed by atoms with Crippen molar-refractivity contribution >= 4 is 5.78 Å². The monoisotopic (exact) mass is 507 g/mol. The Hall–Kier alpha value is -0.490. The Balaban J connectivity index is 1.87. The van der Waals surface area contributed by atoms with Crippen molar-refractivity contribution in [2.24, 2.45) is 16.7 Å². The van der Waals surface area contributed by atoms with Gasteiger partial charge < -0.3 is 9.64 Å². The first-order valence-electron chi connectivity index (χ1n) is 14.9. The van der Waals surface area contributed by atoms with Gasteiger partial charge in [-0.25, -0.2) is 0 Å². The third-order valence-electron chi connectivity index (χ3n) is 9.38. The zero-order chi connectivity index (χ0) is 27.4. The molecule has 2 aliphatic rings. The molecule has 2 aliphatic heterocycles. The molecule has 36 heavy (non-hydrogen) atoms. The summed E-state index contributed by atoms with van der Waals surface area (Å²) in [5.41, 5.74) is 0.318. The van der Waals surface area contributed by atoms with Gasteiger partial charge in [0, 0.05) is 55.6 Å². The summed E-state index contributed by atoms with van der Waals surface area (Å²) in [7, 11) is 0. The van der Waals surface area contributed by atoms with E-state index in [0.29, 0.717) is 23.7 Å². The highest BCUT2D eigenvalue weighted by atomic mass is 16.5. The van der Waals surface area contributed by atoms with Crippen LogP contribution in [0.15, 0.2) is 0 Å². The maximum absolute atomic E-state index is 12.5. The fourth-order valence-electron chi connectivity index (χ4n) is 7.41. The molecule has 0 atom stereocenters. The summed E-state index contributed by atoms with van der Waals surface area (Å²) in [6.07, 6.45) is 5.73. The zero-order valence-electron chi connectivity index (χ0n) is 26.0.